The fraction of sp³-hybridized carbons (Fsp3) is 0.421. The number of nitrogens with zero attached hydrogens (tertiary/aromatic N) is 4. The highest BCUT2D eigenvalue weighted by atomic mass is 35.5. The molecule has 1 aliphatic rings. The summed E-state index contributed by atoms with van der Waals surface area (Å²) in [4.78, 5) is 15.0. The van der Waals surface area contributed by atoms with E-state index in [4.69, 9.17) is 23.8 Å². The topological polar surface area (TPSA) is 66.6 Å². The van der Waals surface area contributed by atoms with E-state index < -0.39 is 4.92 Å². The molecule has 0 spiro atoms. The van der Waals surface area contributed by atoms with Gasteiger partial charge in [0.15, 0.2) is 5.11 Å². The number of piperazine rings is 1. The monoisotopic (exact) mass is 421 g/mol. The van der Waals surface area contributed by atoms with E-state index in [1.807, 2.05) is 0 Å². The fourth-order valence-corrected chi connectivity index (χ4v) is 3.84. The van der Waals surface area contributed by atoms with Crippen LogP contribution in [0, 0.1) is 24.0 Å². The number of nitrogens with one attached hydrogen (secondary N) is 1. The van der Waals surface area contributed by atoms with Crippen molar-refractivity contribution in [1.82, 2.24) is 14.4 Å². The number of hydrogen-bond acceptors (Lipinski definition) is 4. The molecule has 2 heterocycles. The van der Waals surface area contributed by atoms with Gasteiger partial charge in [0.1, 0.15) is 0 Å². The second-order valence-electron chi connectivity index (χ2n) is 6.95. The molecule has 9 heteroatoms. The summed E-state index contributed by atoms with van der Waals surface area (Å²) >= 11 is 11.6. The fourth-order valence-electron chi connectivity index (χ4n) is 3.38. The molecule has 0 radical (unpaired) electrons. The third-order valence-electron chi connectivity index (χ3n) is 5.12. The number of anilines is 1. The van der Waals surface area contributed by atoms with E-state index in [0.29, 0.717) is 15.8 Å². The van der Waals surface area contributed by atoms with Crippen molar-refractivity contribution < 1.29 is 4.92 Å². The Hall–Kier alpha value is -2.16. The molecule has 0 saturated carbocycles. The van der Waals surface area contributed by atoms with Gasteiger partial charge < -0.3 is 14.8 Å². The molecule has 1 aromatic heterocycles. The first kappa shape index (κ1) is 20.6. The number of halogens is 1. The predicted molar refractivity (Wildman–Crippen MR) is 116 cm³/mol. The Balaban J connectivity index is 1.51. The molecular weight excluding hydrogens is 398 g/mol. The molecule has 2 aromatic rings. The van der Waals surface area contributed by atoms with Crippen molar-refractivity contribution in [1.29, 1.82) is 0 Å². The molecule has 150 valence electrons. The Bertz CT molecular complexity index is 858. The van der Waals surface area contributed by atoms with Crippen molar-refractivity contribution in [3.8, 4) is 0 Å². The summed E-state index contributed by atoms with van der Waals surface area (Å²) in [7, 11) is 0. The summed E-state index contributed by atoms with van der Waals surface area (Å²) in [6.45, 7) is 9.71. The van der Waals surface area contributed by atoms with E-state index in [-0.39, 0.29) is 5.69 Å². The molecule has 1 saturated heterocycles. The normalized spacial score (nSPS) is 14.9. The molecule has 1 N–H and O–H groups in total. The lowest BCUT2D eigenvalue weighted by Gasteiger charge is -2.36. The quantitative estimate of drug-likeness (QED) is 0.451. The Morgan fingerprint density at radius 2 is 1.79 bits per heavy atom. The lowest BCUT2D eigenvalue weighted by Crippen LogP contribution is -2.50. The van der Waals surface area contributed by atoms with Gasteiger partial charge in [-0.05, 0) is 44.3 Å². The van der Waals surface area contributed by atoms with E-state index in [1.54, 1.807) is 0 Å². The average molecular weight is 422 g/mol. The lowest BCUT2D eigenvalue weighted by molar-refractivity contribution is -0.384. The summed E-state index contributed by atoms with van der Waals surface area (Å²) in [5.74, 6) is 0. The van der Waals surface area contributed by atoms with Gasteiger partial charge in [-0.25, -0.2) is 0 Å². The highest BCUT2D eigenvalue weighted by Gasteiger charge is 2.20. The predicted octanol–water partition coefficient (Wildman–Crippen LogP) is 3.68. The van der Waals surface area contributed by atoms with Gasteiger partial charge in [-0.3, -0.25) is 15.0 Å². The Morgan fingerprint density at radius 1 is 1.14 bits per heavy atom. The van der Waals surface area contributed by atoms with Crippen LogP contribution in [0.15, 0.2) is 30.3 Å². The highest BCUT2D eigenvalue weighted by molar-refractivity contribution is 7.80. The number of non-ortho nitro benzene ring substituents is 1. The van der Waals surface area contributed by atoms with Crippen molar-refractivity contribution in [2.24, 2.45) is 0 Å². The van der Waals surface area contributed by atoms with Crippen molar-refractivity contribution in [3.05, 3.63) is 56.9 Å². The van der Waals surface area contributed by atoms with Gasteiger partial charge in [-0.15, -0.1) is 0 Å². The van der Waals surface area contributed by atoms with Crippen LogP contribution in [0.3, 0.4) is 0 Å². The average Bonchev–Trinajstić information content (AvgIpc) is 2.99. The molecule has 0 unspecified atom stereocenters. The minimum atomic E-state index is -0.447. The zero-order chi connectivity index (χ0) is 20.3. The molecule has 0 aliphatic carbocycles. The number of nitro groups is 1. The third kappa shape index (κ3) is 4.81. The van der Waals surface area contributed by atoms with Crippen LogP contribution in [0.1, 0.15) is 11.4 Å². The Labute approximate surface area is 175 Å². The number of aromatic nitrogens is 1. The molecular formula is C19H24ClN5O2S. The van der Waals surface area contributed by atoms with E-state index in [9.17, 15) is 10.1 Å². The van der Waals surface area contributed by atoms with E-state index >= 15 is 0 Å². The van der Waals surface area contributed by atoms with Crippen LogP contribution in [0.5, 0.6) is 0 Å². The second-order valence-corrected chi connectivity index (χ2v) is 7.74. The summed E-state index contributed by atoms with van der Waals surface area (Å²) in [5, 5.41) is 15.0. The molecule has 28 heavy (non-hydrogen) atoms. The maximum atomic E-state index is 11.0. The van der Waals surface area contributed by atoms with Crippen molar-refractivity contribution in [3.63, 3.8) is 0 Å². The van der Waals surface area contributed by atoms with Gasteiger partial charge in [0.2, 0.25) is 0 Å². The van der Waals surface area contributed by atoms with Crippen LogP contribution in [0.25, 0.3) is 0 Å². The maximum absolute atomic E-state index is 11.0. The first-order valence-electron chi connectivity index (χ1n) is 9.20. The van der Waals surface area contributed by atoms with Gasteiger partial charge >= 0.3 is 0 Å². The molecule has 0 bridgehead atoms. The van der Waals surface area contributed by atoms with Crippen LogP contribution >= 0.6 is 23.8 Å². The van der Waals surface area contributed by atoms with E-state index in [1.165, 1.54) is 29.6 Å². The van der Waals surface area contributed by atoms with Gasteiger partial charge in [-0.2, -0.15) is 0 Å². The summed E-state index contributed by atoms with van der Waals surface area (Å²) in [6.07, 6.45) is 0. The zero-order valence-corrected chi connectivity index (χ0v) is 17.6. The second kappa shape index (κ2) is 8.89. The Kier molecular flexibility index (Phi) is 6.53. The lowest BCUT2D eigenvalue weighted by atomic mass is 10.2. The van der Waals surface area contributed by atoms with Gasteiger partial charge in [0.05, 0.1) is 15.6 Å². The number of hydrogen-bond donors (Lipinski definition) is 1. The van der Waals surface area contributed by atoms with Crippen LogP contribution < -0.4 is 5.32 Å². The summed E-state index contributed by atoms with van der Waals surface area (Å²) in [6, 6.07) is 8.59. The molecule has 1 fully saturated rings. The summed E-state index contributed by atoms with van der Waals surface area (Å²) in [5.41, 5.74) is 3.02. The van der Waals surface area contributed by atoms with Crippen LogP contribution in [-0.2, 0) is 6.54 Å². The largest absolute Gasteiger partial charge is 0.348 e. The SMILES string of the molecule is Cc1ccc(C)n1CCN1CCN(C(=S)Nc2cc([N+](=O)[O-])ccc2Cl)CC1. The van der Waals surface area contributed by atoms with E-state index in [0.717, 1.165) is 39.3 Å². The van der Waals surface area contributed by atoms with Crippen LogP contribution in [-0.4, -0.2) is 57.1 Å². The summed E-state index contributed by atoms with van der Waals surface area (Å²) < 4.78 is 2.34. The maximum Gasteiger partial charge on any atom is 0.271 e. The minimum Gasteiger partial charge on any atom is -0.348 e. The zero-order valence-electron chi connectivity index (χ0n) is 16.0. The molecule has 1 aromatic carbocycles. The van der Waals surface area contributed by atoms with Gasteiger partial charge in [-0.1, -0.05) is 11.6 Å². The molecule has 0 amide bonds. The highest BCUT2D eigenvalue weighted by Crippen LogP contribution is 2.27. The van der Waals surface area contributed by atoms with Crippen LogP contribution in [0.2, 0.25) is 5.02 Å². The smallest absolute Gasteiger partial charge is 0.271 e. The molecule has 0 atom stereocenters. The van der Waals surface area contributed by atoms with E-state index in [2.05, 4.69) is 45.7 Å². The van der Waals surface area contributed by atoms with Crippen molar-refractivity contribution in [2.45, 2.75) is 20.4 Å². The first-order chi connectivity index (χ1) is 13.3. The van der Waals surface area contributed by atoms with Crippen molar-refractivity contribution in [2.75, 3.05) is 38.0 Å². The third-order valence-corrected chi connectivity index (χ3v) is 5.81. The number of thiocarbonyl (C=S) groups is 1. The number of rotatable bonds is 5. The number of benzene rings is 1. The first-order valence-corrected chi connectivity index (χ1v) is 9.98. The minimum absolute atomic E-state index is 0.0184. The van der Waals surface area contributed by atoms with Gasteiger partial charge in [0.25, 0.3) is 5.69 Å². The van der Waals surface area contributed by atoms with Crippen LogP contribution in [0.4, 0.5) is 11.4 Å². The van der Waals surface area contributed by atoms with Crippen molar-refractivity contribution >= 4 is 40.3 Å². The van der Waals surface area contributed by atoms with Gasteiger partial charge in [0, 0.05) is 62.8 Å². The Morgan fingerprint density at radius 3 is 2.39 bits per heavy atom. The number of aryl methyl sites for hydroxylation is 2. The molecule has 7 nitrogen and oxygen atoms in total. The standard InChI is InChI=1S/C19H24ClN5O2S/c1-14-3-4-15(2)24(14)12-9-22-7-10-23(11-8-22)19(28)21-18-13-16(25(26)27)5-6-17(18)20/h3-6,13H,7-12H2,1-2H3,(H,21,28). The number of nitro benzene ring substituents is 1. The molecule has 1 aliphatic heterocycles. The molecule has 3 rings (SSSR count).